The van der Waals surface area contributed by atoms with Crippen LogP contribution in [0.4, 0.5) is 9.18 Å². The van der Waals surface area contributed by atoms with Gasteiger partial charge in [0.15, 0.2) is 5.82 Å². The second kappa shape index (κ2) is 7.80. The molecule has 2 aromatic carbocycles. The number of urea groups is 1. The van der Waals surface area contributed by atoms with Crippen LogP contribution in [0, 0.1) is 12.7 Å². The van der Waals surface area contributed by atoms with E-state index in [1.807, 2.05) is 34.6 Å². The van der Waals surface area contributed by atoms with E-state index < -0.39 is 0 Å². The van der Waals surface area contributed by atoms with E-state index in [9.17, 15) is 9.18 Å². The van der Waals surface area contributed by atoms with Crippen molar-refractivity contribution in [2.24, 2.45) is 0 Å². The van der Waals surface area contributed by atoms with Crippen LogP contribution in [-0.2, 0) is 12.1 Å². The Hall–Kier alpha value is -3.22. The molecule has 0 unspecified atom stereocenters. The fraction of sp³-hybridized carbons (Fsp3) is 0.375. The zero-order valence-electron chi connectivity index (χ0n) is 17.6. The molecule has 1 saturated carbocycles. The van der Waals surface area contributed by atoms with Gasteiger partial charge in [-0.2, -0.15) is 0 Å². The van der Waals surface area contributed by atoms with Crippen molar-refractivity contribution < 1.29 is 9.18 Å². The van der Waals surface area contributed by atoms with Crippen molar-refractivity contribution in [3.63, 3.8) is 0 Å². The number of hydrogen-bond acceptors (Lipinski definition) is 3. The fourth-order valence-corrected chi connectivity index (χ4v) is 4.53. The third-order valence-corrected chi connectivity index (χ3v) is 6.45. The SMILES string of the molecule is Cc1nnc([C@H]2CCCN2C(=O)NC2(c3ccccc3)CC2)n1Cc1ccc(F)cc1. The van der Waals surface area contributed by atoms with Crippen molar-refractivity contribution in [1.29, 1.82) is 0 Å². The molecule has 2 aliphatic rings. The average Bonchev–Trinajstić information content (AvgIpc) is 3.24. The Balaban J connectivity index is 1.36. The van der Waals surface area contributed by atoms with Crippen LogP contribution in [-0.4, -0.2) is 32.2 Å². The average molecular weight is 420 g/mol. The summed E-state index contributed by atoms with van der Waals surface area (Å²) in [6.45, 7) is 3.16. The summed E-state index contributed by atoms with van der Waals surface area (Å²) in [5, 5.41) is 12.0. The zero-order valence-corrected chi connectivity index (χ0v) is 17.6. The van der Waals surface area contributed by atoms with Crippen LogP contribution >= 0.6 is 0 Å². The second-order valence-electron chi connectivity index (χ2n) is 8.55. The lowest BCUT2D eigenvalue weighted by Crippen LogP contribution is -2.45. The van der Waals surface area contributed by atoms with E-state index in [1.54, 1.807) is 12.1 Å². The van der Waals surface area contributed by atoms with Gasteiger partial charge in [-0.1, -0.05) is 42.5 Å². The highest BCUT2D eigenvalue weighted by Gasteiger charge is 2.47. The maximum atomic E-state index is 13.3. The van der Waals surface area contributed by atoms with Gasteiger partial charge in [-0.05, 0) is 55.9 Å². The molecule has 2 heterocycles. The van der Waals surface area contributed by atoms with E-state index in [0.717, 1.165) is 48.5 Å². The van der Waals surface area contributed by atoms with Gasteiger partial charge in [-0.25, -0.2) is 9.18 Å². The molecular formula is C24H26FN5O. The highest BCUT2D eigenvalue weighted by Crippen LogP contribution is 2.46. The van der Waals surface area contributed by atoms with Gasteiger partial charge in [-0.15, -0.1) is 10.2 Å². The first-order chi connectivity index (χ1) is 15.1. The van der Waals surface area contributed by atoms with Gasteiger partial charge in [0.05, 0.1) is 18.1 Å². The quantitative estimate of drug-likeness (QED) is 0.670. The van der Waals surface area contributed by atoms with Crippen molar-refractivity contribution in [3.8, 4) is 0 Å². The van der Waals surface area contributed by atoms with E-state index in [1.165, 1.54) is 12.1 Å². The van der Waals surface area contributed by atoms with Crippen molar-refractivity contribution >= 4 is 6.03 Å². The molecule has 0 spiro atoms. The second-order valence-corrected chi connectivity index (χ2v) is 8.55. The van der Waals surface area contributed by atoms with Crippen LogP contribution in [0.5, 0.6) is 0 Å². The van der Waals surface area contributed by atoms with Crippen molar-refractivity contribution in [1.82, 2.24) is 25.0 Å². The Morgan fingerprint density at radius 1 is 1.13 bits per heavy atom. The molecule has 0 bridgehead atoms. The van der Waals surface area contributed by atoms with Crippen LogP contribution in [0.25, 0.3) is 0 Å². The summed E-state index contributed by atoms with van der Waals surface area (Å²) in [6, 6.07) is 16.5. The molecule has 1 N–H and O–H groups in total. The molecule has 1 aromatic heterocycles. The molecule has 1 atom stereocenters. The smallest absolute Gasteiger partial charge is 0.318 e. The van der Waals surface area contributed by atoms with Gasteiger partial charge in [-0.3, -0.25) is 0 Å². The molecule has 0 radical (unpaired) electrons. The van der Waals surface area contributed by atoms with Crippen LogP contribution in [0.3, 0.4) is 0 Å². The molecule has 2 fully saturated rings. The number of nitrogens with zero attached hydrogens (tertiary/aromatic N) is 4. The van der Waals surface area contributed by atoms with E-state index in [-0.39, 0.29) is 23.4 Å². The minimum absolute atomic E-state index is 0.0437. The minimum Gasteiger partial charge on any atom is -0.328 e. The van der Waals surface area contributed by atoms with Crippen molar-refractivity contribution in [2.75, 3.05) is 6.54 Å². The minimum atomic E-state index is -0.254. The molecule has 1 aliphatic heterocycles. The number of carbonyl (C=O) groups excluding carboxylic acids is 1. The number of nitrogens with one attached hydrogen (secondary N) is 1. The largest absolute Gasteiger partial charge is 0.328 e. The lowest BCUT2D eigenvalue weighted by molar-refractivity contribution is 0.184. The van der Waals surface area contributed by atoms with Gasteiger partial charge in [0.2, 0.25) is 0 Å². The summed E-state index contributed by atoms with van der Waals surface area (Å²) in [7, 11) is 0. The molecule has 6 nitrogen and oxygen atoms in total. The van der Waals surface area contributed by atoms with Crippen LogP contribution < -0.4 is 5.32 Å². The summed E-state index contributed by atoms with van der Waals surface area (Å²) in [4.78, 5) is 15.2. The van der Waals surface area contributed by atoms with Gasteiger partial charge in [0.1, 0.15) is 11.6 Å². The fourth-order valence-electron chi connectivity index (χ4n) is 4.53. The molecule has 1 aliphatic carbocycles. The summed E-state index contributed by atoms with van der Waals surface area (Å²) in [6.07, 6.45) is 3.70. The maximum absolute atomic E-state index is 13.3. The first-order valence-corrected chi connectivity index (χ1v) is 10.8. The number of rotatable bonds is 5. The Morgan fingerprint density at radius 2 is 1.87 bits per heavy atom. The maximum Gasteiger partial charge on any atom is 0.318 e. The number of carbonyl (C=O) groups is 1. The Morgan fingerprint density at radius 3 is 2.58 bits per heavy atom. The number of hydrogen-bond donors (Lipinski definition) is 1. The number of benzene rings is 2. The van der Waals surface area contributed by atoms with E-state index >= 15 is 0 Å². The number of amides is 2. The summed E-state index contributed by atoms with van der Waals surface area (Å²) < 4.78 is 15.3. The van der Waals surface area contributed by atoms with E-state index in [2.05, 4.69) is 27.6 Å². The van der Waals surface area contributed by atoms with Crippen molar-refractivity contribution in [3.05, 3.63) is 83.2 Å². The number of halogens is 1. The first kappa shape index (κ1) is 19.7. The van der Waals surface area contributed by atoms with Crippen LogP contribution in [0.15, 0.2) is 54.6 Å². The molecule has 160 valence electrons. The van der Waals surface area contributed by atoms with Crippen molar-refractivity contribution in [2.45, 2.75) is 50.7 Å². The number of aromatic nitrogens is 3. The third-order valence-electron chi connectivity index (χ3n) is 6.45. The molecule has 2 amide bonds. The zero-order chi connectivity index (χ0) is 21.4. The van der Waals surface area contributed by atoms with Gasteiger partial charge in [0.25, 0.3) is 0 Å². The van der Waals surface area contributed by atoms with Gasteiger partial charge < -0.3 is 14.8 Å². The number of aryl methyl sites for hydroxylation is 1. The summed E-state index contributed by atoms with van der Waals surface area (Å²) >= 11 is 0. The van der Waals surface area contributed by atoms with Gasteiger partial charge >= 0.3 is 6.03 Å². The molecule has 1 saturated heterocycles. The molecule has 31 heavy (non-hydrogen) atoms. The predicted octanol–water partition coefficient (Wildman–Crippen LogP) is 4.31. The molecule has 7 heteroatoms. The lowest BCUT2D eigenvalue weighted by Gasteiger charge is -2.28. The monoisotopic (exact) mass is 419 g/mol. The lowest BCUT2D eigenvalue weighted by atomic mass is 10.1. The Labute approximate surface area is 181 Å². The Kier molecular flexibility index (Phi) is 4.96. The first-order valence-electron chi connectivity index (χ1n) is 10.8. The van der Waals surface area contributed by atoms with E-state index in [0.29, 0.717) is 13.1 Å². The van der Waals surface area contributed by atoms with Crippen LogP contribution in [0.1, 0.15) is 54.5 Å². The van der Waals surface area contributed by atoms with E-state index in [4.69, 9.17) is 0 Å². The molecule has 5 rings (SSSR count). The third kappa shape index (κ3) is 3.80. The molecule has 3 aromatic rings. The highest BCUT2D eigenvalue weighted by atomic mass is 19.1. The Bertz CT molecular complexity index is 1080. The molecular weight excluding hydrogens is 393 g/mol. The number of likely N-dealkylation sites (tertiary alicyclic amines) is 1. The summed E-state index contributed by atoms with van der Waals surface area (Å²) in [5.41, 5.74) is 1.89. The predicted molar refractivity (Wildman–Crippen MR) is 115 cm³/mol. The normalized spacial score (nSPS) is 19.4. The highest BCUT2D eigenvalue weighted by molar-refractivity contribution is 5.76. The topological polar surface area (TPSA) is 63.1 Å². The standard InChI is InChI=1S/C24H26FN5O/c1-17-27-28-22(30(17)16-18-9-11-20(25)12-10-18)21-8-5-15-29(21)23(31)26-24(13-14-24)19-6-3-2-4-7-19/h2-4,6-7,9-12,21H,5,8,13-16H2,1H3,(H,26,31)/t21-/m1/s1. The van der Waals surface area contributed by atoms with Gasteiger partial charge in [0, 0.05) is 6.54 Å². The van der Waals surface area contributed by atoms with Crippen LogP contribution in [0.2, 0.25) is 0 Å². The summed E-state index contributed by atoms with van der Waals surface area (Å²) in [5.74, 6) is 1.32.